The number of furan rings is 1. The third-order valence-electron chi connectivity index (χ3n) is 13.3. The minimum absolute atomic E-state index is 0.111. The van der Waals surface area contributed by atoms with E-state index in [0.717, 1.165) is 14.0 Å². The highest BCUT2D eigenvalue weighted by Crippen LogP contribution is 2.85. The molecule has 8 rings (SSSR count). The van der Waals surface area contributed by atoms with Crippen molar-refractivity contribution < 1.29 is 75.8 Å². The van der Waals surface area contributed by atoms with Crippen LogP contribution in [0.5, 0.6) is 0 Å². The predicted molar refractivity (Wildman–Crippen MR) is 166 cm³/mol. The molecule has 1 aromatic heterocycles. The summed E-state index contributed by atoms with van der Waals surface area (Å²) in [6.07, 6.45) is -3.42. The number of methoxy groups -OCH3 is 1. The third kappa shape index (κ3) is 4.08. The van der Waals surface area contributed by atoms with Gasteiger partial charge in [0.1, 0.15) is 35.6 Å². The fourth-order valence-electron chi connectivity index (χ4n) is 12.4. The molecule has 4 bridgehead atoms. The molecule has 52 heavy (non-hydrogen) atoms. The molecule has 16 nitrogen and oxygen atoms in total. The molecular weight excluding hydrogens is 688 g/mol. The smallest absolute Gasteiger partial charge is 0.347 e. The maximum Gasteiger partial charge on any atom is 0.347 e. The lowest BCUT2D eigenvalue weighted by molar-refractivity contribution is -0.435. The predicted octanol–water partition coefficient (Wildman–Crippen LogP) is 2.45. The molecule has 1 aromatic rings. The largest absolute Gasteiger partial charge is 0.472 e. The van der Waals surface area contributed by atoms with Crippen LogP contribution in [0.3, 0.4) is 0 Å². The molecule has 7 fully saturated rings. The minimum atomic E-state index is -1.84. The van der Waals surface area contributed by atoms with Crippen LogP contribution in [0.25, 0.3) is 0 Å². The Morgan fingerprint density at radius 1 is 0.885 bits per heavy atom. The second-order valence-corrected chi connectivity index (χ2v) is 16.0. The van der Waals surface area contributed by atoms with Crippen molar-refractivity contribution in [3.05, 3.63) is 24.2 Å². The molecule has 0 aromatic carbocycles. The van der Waals surface area contributed by atoms with E-state index in [1.165, 1.54) is 33.3 Å². The Kier molecular flexibility index (Phi) is 7.26. The second-order valence-electron chi connectivity index (χ2n) is 16.0. The molecule has 15 atom stereocenters. The molecule has 4 heterocycles. The maximum atomic E-state index is 13.9. The van der Waals surface area contributed by atoms with Gasteiger partial charge in [-0.25, -0.2) is 4.79 Å². The lowest BCUT2D eigenvalue weighted by Crippen LogP contribution is -2.86. The highest BCUT2D eigenvalue weighted by atomic mass is 16.9. The van der Waals surface area contributed by atoms with Crippen LogP contribution in [0.15, 0.2) is 23.0 Å². The zero-order valence-corrected chi connectivity index (χ0v) is 30.1. The summed E-state index contributed by atoms with van der Waals surface area (Å²) in [4.78, 5) is 79.6. The monoisotopic (exact) mass is 730 g/mol. The number of cyclic esters (lactones) is 1. The second kappa shape index (κ2) is 10.8. The van der Waals surface area contributed by atoms with E-state index in [1.807, 2.05) is 13.8 Å². The van der Waals surface area contributed by atoms with Gasteiger partial charge >= 0.3 is 35.8 Å². The van der Waals surface area contributed by atoms with E-state index in [1.54, 1.807) is 13.0 Å². The highest BCUT2D eigenvalue weighted by Gasteiger charge is 2.98. The van der Waals surface area contributed by atoms with Gasteiger partial charge in [0.25, 0.3) is 5.97 Å². The fraction of sp³-hybridized carbons (Fsp3) is 0.722. The Morgan fingerprint density at radius 2 is 1.56 bits per heavy atom. The molecule has 4 aliphatic carbocycles. The van der Waals surface area contributed by atoms with Crippen LogP contribution in [0.1, 0.15) is 79.4 Å². The molecule has 0 radical (unpaired) electrons. The molecular formula is C36H42O16. The van der Waals surface area contributed by atoms with Gasteiger partial charge in [0.05, 0.1) is 43.0 Å². The van der Waals surface area contributed by atoms with Crippen molar-refractivity contribution in [2.45, 2.75) is 121 Å². The standard InChI is InChI=1S/C36H42O16/c1-15(37)45-21-12-35-26-23(25(30(42)43-8)46-16(2)38)31(5)14-34(26)24(28(31)47-17(3)39)29(48-18(4)40)36(35,52-33(7,50-34)51-35)20-11-22(41)49-27(32(20,21)6)19-9-10-44-13-19/h9-10,13,20-21,23-29H,11-12,14H2,1-8H3/t20-,21+,23-,24-,25-,26+,27+,28-,29-,31-,32+,33+,34+,35+,36-/m1/s1. The number of rotatable bonds is 7. The van der Waals surface area contributed by atoms with Crippen LogP contribution >= 0.6 is 0 Å². The molecule has 7 aliphatic rings. The van der Waals surface area contributed by atoms with Gasteiger partial charge in [-0.15, -0.1) is 0 Å². The lowest BCUT2D eigenvalue weighted by atomic mass is 9.38. The van der Waals surface area contributed by atoms with Gasteiger partial charge in [0.2, 0.25) is 6.10 Å². The highest BCUT2D eigenvalue weighted by molar-refractivity contribution is 5.80. The van der Waals surface area contributed by atoms with Crippen molar-refractivity contribution in [2.75, 3.05) is 7.11 Å². The van der Waals surface area contributed by atoms with Crippen molar-refractivity contribution in [1.82, 2.24) is 0 Å². The van der Waals surface area contributed by atoms with Gasteiger partial charge in [-0.3, -0.25) is 24.0 Å². The Hall–Kier alpha value is -4.02. The van der Waals surface area contributed by atoms with E-state index in [-0.39, 0.29) is 19.3 Å². The molecule has 3 saturated heterocycles. The number of carbonyl (C=O) groups excluding carboxylic acids is 6. The van der Waals surface area contributed by atoms with Crippen LogP contribution in [0.4, 0.5) is 0 Å². The van der Waals surface area contributed by atoms with Crippen LogP contribution in [-0.4, -0.2) is 90.1 Å². The summed E-state index contributed by atoms with van der Waals surface area (Å²) in [6.45, 7) is 10.1. The first kappa shape index (κ1) is 35.0. The topological polar surface area (TPSA) is 199 Å². The Balaban J connectivity index is 1.46. The van der Waals surface area contributed by atoms with Crippen LogP contribution in [0, 0.1) is 34.5 Å². The van der Waals surface area contributed by atoms with E-state index < -0.39 is 124 Å². The fourth-order valence-corrected chi connectivity index (χ4v) is 12.4. The van der Waals surface area contributed by atoms with Gasteiger partial charge in [-0.05, 0) is 12.5 Å². The number of carbonyl (C=O) groups is 6. The summed E-state index contributed by atoms with van der Waals surface area (Å²) >= 11 is 0. The number of esters is 6. The summed E-state index contributed by atoms with van der Waals surface area (Å²) in [5.74, 6) is -9.94. The summed E-state index contributed by atoms with van der Waals surface area (Å²) in [5.41, 5.74) is -6.82. The van der Waals surface area contributed by atoms with Crippen molar-refractivity contribution in [1.29, 1.82) is 0 Å². The summed E-state index contributed by atoms with van der Waals surface area (Å²) in [5, 5.41) is 0. The summed E-state index contributed by atoms with van der Waals surface area (Å²) < 4.78 is 62.3. The zero-order chi connectivity index (χ0) is 37.6. The average Bonchev–Trinajstić information content (AvgIpc) is 3.74. The van der Waals surface area contributed by atoms with E-state index in [2.05, 4.69) is 0 Å². The number of fused-ring (bicyclic) bond motifs is 3. The lowest BCUT2D eigenvalue weighted by Gasteiger charge is -2.72. The van der Waals surface area contributed by atoms with E-state index >= 15 is 0 Å². The zero-order valence-electron chi connectivity index (χ0n) is 30.1. The molecule has 0 N–H and O–H groups in total. The molecule has 3 aliphatic heterocycles. The maximum absolute atomic E-state index is 13.9. The van der Waals surface area contributed by atoms with Crippen LogP contribution in [-0.2, 0) is 71.4 Å². The normalized spacial score (nSPS) is 47.7. The Bertz CT molecular complexity index is 1770. The van der Waals surface area contributed by atoms with Gasteiger partial charge in [-0.1, -0.05) is 13.8 Å². The molecule has 16 heteroatoms. The van der Waals surface area contributed by atoms with Crippen molar-refractivity contribution in [3.63, 3.8) is 0 Å². The van der Waals surface area contributed by atoms with Gasteiger partial charge in [-0.2, -0.15) is 0 Å². The number of ether oxygens (including phenoxy) is 9. The number of hydrogen-bond acceptors (Lipinski definition) is 16. The molecule has 282 valence electrons. The summed E-state index contributed by atoms with van der Waals surface area (Å²) in [7, 11) is 1.16. The van der Waals surface area contributed by atoms with Crippen molar-refractivity contribution in [3.8, 4) is 0 Å². The van der Waals surface area contributed by atoms with E-state index in [4.69, 9.17) is 47.0 Å². The van der Waals surface area contributed by atoms with Gasteiger partial charge in [0.15, 0.2) is 0 Å². The van der Waals surface area contributed by atoms with Gasteiger partial charge < -0.3 is 47.0 Å². The average molecular weight is 731 g/mol. The van der Waals surface area contributed by atoms with Crippen molar-refractivity contribution >= 4 is 35.8 Å². The molecule has 0 unspecified atom stereocenters. The summed E-state index contributed by atoms with van der Waals surface area (Å²) in [6, 6.07) is 1.64. The first-order valence-corrected chi connectivity index (χ1v) is 17.4. The van der Waals surface area contributed by atoms with Crippen LogP contribution < -0.4 is 0 Å². The number of hydrogen-bond donors (Lipinski definition) is 0. The SMILES string of the molecule is COC(=O)[C@H](OC(C)=O)[C@@H]1[C@H]2[C@]34C[C@@]1(C)[C@H](OC(C)=O)[C@@H]3[C@@H](OC(C)=O)[C@@]13O[C@@](C)(O4)O[C@@]21C[C@H](OC(C)=O)[C@]1(C)[C@H]3CC(=O)O[C@H]1c1ccoc1. The van der Waals surface area contributed by atoms with Crippen molar-refractivity contribution in [2.24, 2.45) is 34.5 Å². The molecule has 2 spiro atoms. The first-order chi connectivity index (χ1) is 24.3. The van der Waals surface area contributed by atoms with E-state index in [9.17, 15) is 28.8 Å². The first-order valence-electron chi connectivity index (χ1n) is 17.4. The Labute approximate surface area is 298 Å². The Morgan fingerprint density at radius 3 is 2.15 bits per heavy atom. The van der Waals surface area contributed by atoms with Gasteiger partial charge in [0, 0.05) is 69.8 Å². The molecule has 4 saturated carbocycles. The molecule has 0 amide bonds. The van der Waals surface area contributed by atoms with E-state index in [0.29, 0.717) is 5.56 Å². The quantitative estimate of drug-likeness (QED) is 0.292. The van der Waals surface area contributed by atoms with Crippen LogP contribution in [0.2, 0.25) is 0 Å². The third-order valence-corrected chi connectivity index (χ3v) is 13.3. The minimum Gasteiger partial charge on any atom is -0.472 e.